The molecule has 1 aliphatic rings. The lowest BCUT2D eigenvalue weighted by Crippen LogP contribution is -2.35. The van der Waals surface area contributed by atoms with Gasteiger partial charge < -0.3 is 9.47 Å². The number of rotatable bonds is 2. The molecule has 0 saturated carbocycles. The molecule has 4 nitrogen and oxygen atoms in total. The van der Waals surface area contributed by atoms with Crippen LogP contribution in [0.3, 0.4) is 0 Å². The fourth-order valence-corrected chi connectivity index (χ4v) is 2.06. The lowest BCUT2D eigenvalue weighted by atomic mass is 9.89. The number of ether oxygens (including phenoxy) is 2. The van der Waals surface area contributed by atoms with E-state index in [0.717, 1.165) is 12.4 Å². The molecule has 0 amide bonds. The third kappa shape index (κ3) is 2.63. The minimum atomic E-state index is 0.0688. The van der Waals surface area contributed by atoms with Crippen molar-refractivity contribution in [2.24, 2.45) is 0 Å². The number of hydrogen-bond donors (Lipinski definition) is 0. The van der Waals surface area contributed by atoms with Crippen molar-refractivity contribution in [1.29, 1.82) is 0 Å². The summed E-state index contributed by atoms with van der Waals surface area (Å²) in [6.45, 7) is 12.0. The van der Waals surface area contributed by atoms with Crippen LogP contribution in [0.15, 0.2) is 6.20 Å². The molecule has 1 aliphatic heterocycles. The van der Waals surface area contributed by atoms with E-state index in [1.807, 2.05) is 24.7 Å². The molecule has 0 unspecified atom stereocenters. The van der Waals surface area contributed by atoms with Crippen LogP contribution in [0.1, 0.15) is 40.2 Å². The standard InChI is InChI=1S/C13H22N2O2/c1-9(2)17-10-7-15-12(16-8-10)11(6-14-15)13(3,4)5/h6,9-10H,7-8H2,1-5H3/t10-/m1/s1. The minimum Gasteiger partial charge on any atom is -0.475 e. The smallest absolute Gasteiger partial charge is 0.215 e. The second-order valence-corrected chi connectivity index (χ2v) is 5.91. The van der Waals surface area contributed by atoms with Gasteiger partial charge in [0.25, 0.3) is 0 Å². The van der Waals surface area contributed by atoms with Gasteiger partial charge in [-0.15, -0.1) is 0 Å². The van der Waals surface area contributed by atoms with Gasteiger partial charge >= 0.3 is 0 Å². The Labute approximate surface area is 103 Å². The number of nitrogens with zero attached hydrogens (tertiary/aromatic N) is 2. The zero-order valence-corrected chi connectivity index (χ0v) is 11.4. The van der Waals surface area contributed by atoms with E-state index in [4.69, 9.17) is 9.47 Å². The summed E-state index contributed by atoms with van der Waals surface area (Å²) >= 11 is 0. The summed E-state index contributed by atoms with van der Waals surface area (Å²) < 4.78 is 13.5. The van der Waals surface area contributed by atoms with E-state index in [9.17, 15) is 0 Å². The molecule has 0 fully saturated rings. The zero-order chi connectivity index (χ0) is 12.6. The summed E-state index contributed by atoms with van der Waals surface area (Å²) in [7, 11) is 0. The molecule has 4 heteroatoms. The molecule has 17 heavy (non-hydrogen) atoms. The monoisotopic (exact) mass is 238 g/mol. The topological polar surface area (TPSA) is 36.3 Å². The SMILES string of the molecule is CC(C)O[C@H]1COc2c(C(C)(C)C)cnn2C1. The highest BCUT2D eigenvalue weighted by molar-refractivity contribution is 5.32. The van der Waals surface area contributed by atoms with Crippen molar-refractivity contribution >= 4 is 0 Å². The Balaban J connectivity index is 2.16. The van der Waals surface area contributed by atoms with Crippen LogP contribution in [0.4, 0.5) is 0 Å². The van der Waals surface area contributed by atoms with Crippen LogP contribution in [0, 0.1) is 0 Å². The van der Waals surface area contributed by atoms with Crippen molar-refractivity contribution < 1.29 is 9.47 Å². The van der Waals surface area contributed by atoms with E-state index in [-0.39, 0.29) is 17.6 Å². The van der Waals surface area contributed by atoms with Crippen molar-refractivity contribution in [2.75, 3.05) is 6.61 Å². The molecule has 0 N–H and O–H groups in total. The summed E-state index contributed by atoms with van der Waals surface area (Å²) in [5, 5.41) is 4.39. The number of hydrogen-bond acceptors (Lipinski definition) is 3. The van der Waals surface area contributed by atoms with Crippen LogP contribution < -0.4 is 4.74 Å². The molecule has 2 heterocycles. The van der Waals surface area contributed by atoms with Gasteiger partial charge in [-0.25, -0.2) is 4.68 Å². The van der Waals surface area contributed by atoms with E-state index >= 15 is 0 Å². The summed E-state index contributed by atoms with van der Waals surface area (Å²) in [6.07, 6.45) is 2.24. The van der Waals surface area contributed by atoms with E-state index in [1.54, 1.807) is 0 Å². The fraction of sp³-hybridized carbons (Fsp3) is 0.769. The molecule has 1 aromatic rings. The Kier molecular flexibility index (Phi) is 3.17. The molecule has 0 bridgehead atoms. The first kappa shape index (κ1) is 12.4. The number of fused-ring (bicyclic) bond motifs is 1. The first-order valence-corrected chi connectivity index (χ1v) is 6.22. The normalized spacial score (nSPS) is 20.2. The largest absolute Gasteiger partial charge is 0.475 e. The quantitative estimate of drug-likeness (QED) is 0.793. The van der Waals surface area contributed by atoms with Gasteiger partial charge in [0.15, 0.2) is 0 Å². The Morgan fingerprint density at radius 2 is 2.18 bits per heavy atom. The zero-order valence-electron chi connectivity index (χ0n) is 11.4. The minimum absolute atomic E-state index is 0.0688. The van der Waals surface area contributed by atoms with Gasteiger partial charge in [-0.1, -0.05) is 20.8 Å². The molecule has 0 radical (unpaired) electrons. The van der Waals surface area contributed by atoms with Crippen molar-refractivity contribution in [3.8, 4) is 5.88 Å². The molecule has 96 valence electrons. The second kappa shape index (κ2) is 4.33. The maximum atomic E-state index is 5.81. The molecule has 0 aromatic carbocycles. The fourth-order valence-electron chi connectivity index (χ4n) is 2.06. The predicted molar refractivity (Wildman–Crippen MR) is 66.4 cm³/mol. The van der Waals surface area contributed by atoms with E-state index in [0.29, 0.717) is 6.61 Å². The molecule has 1 aromatic heterocycles. The molecule has 2 rings (SSSR count). The third-order valence-electron chi connectivity index (χ3n) is 2.85. The molecule has 0 spiro atoms. The summed E-state index contributed by atoms with van der Waals surface area (Å²) in [4.78, 5) is 0. The first-order chi connectivity index (χ1) is 7.88. The van der Waals surface area contributed by atoms with Gasteiger partial charge in [0, 0.05) is 5.56 Å². The predicted octanol–water partition coefficient (Wildman–Crippen LogP) is 2.37. The van der Waals surface area contributed by atoms with Crippen molar-refractivity contribution in [1.82, 2.24) is 9.78 Å². The van der Waals surface area contributed by atoms with E-state index in [1.165, 1.54) is 5.56 Å². The van der Waals surface area contributed by atoms with Gasteiger partial charge in [-0.05, 0) is 19.3 Å². The summed E-state index contributed by atoms with van der Waals surface area (Å²) in [5.41, 5.74) is 1.24. The van der Waals surface area contributed by atoms with Crippen molar-refractivity contribution in [2.45, 2.75) is 58.8 Å². The van der Waals surface area contributed by atoms with Gasteiger partial charge in [0.05, 0.1) is 18.8 Å². The molecular formula is C13H22N2O2. The average molecular weight is 238 g/mol. The van der Waals surface area contributed by atoms with Gasteiger partial charge in [0.2, 0.25) is 5.88 Å². The van der Waals surface area contributed by atoms with Gasteiger partial charge in [-0.3, -0.25) is 0 Å². The highest BCUT2D eigenvalue weighted by Gasteiger charge is 2.29. The maximum Gasteiger partial charge on any atom is 0.215 e. The van der Waals surface area contributed by atoms with Crippen molar-refractivity contribution in [3.63, 3.8) is 0 Å². The highest BCUT2D eigenvalue weighted by atomic mass is 16.5. The lowest BCUT2D eigenvalue weighted by molar-refractivity contribution is -0.0440. The number of aromatic nitrogens is 2. The van der Waals surface area contributed by atoms with Crippen LogP contribution in [0.5, 0.6) is 5.88 Å². The third-order valence-corrected chi connectivity index (χ3v) is 2.85. The molecule has 0 saturated heterocycles. The van der Waals surface area contributed by atoms with Crippen molar-refractivity contribution in [3.05, 3.63) is 11.8 Å². The Morgan fingerprint density at radius 1 is 1.47 bits per heavy atom. The van der Waals surface area contributed by atoms with Crippen LogP contribution in [0.2, 0.25) is 0 Å². The summed E-state index contributed by atoms with van der Waals surface area (Å²) in [6, 6.07) is 0. The van der Waals surface area contributed by atoms with Crippen LogP contribution in [0.25, 0.3) is 0 Å². The van der Waals surface area contributed by atoms with Crippen LogP contribution in [-0.4, -0.2) is 28.6 Å². The lowest BCUT2D eigenvalue weighted by Gasteiger charge is -2.28. The van der Waals surface area contributed by atoms with Gasteiger partial charge in [-0.2, -0.15) is 5.10 Å². The average Bonchev–Trinajstić information content (AvgIpc) is 2.58. The van der Waals surface area contributed by atoms with E-state index in [2.05, 4.69) is 25.9 Å². The highest BCUT2D eigenvalue weighted by Crippen LogP contribution is 2.33. The molecular weight excluding hydrogens is 216 g/mol. The Hall–Kier alpha value is -1.03. The Morgan fingerprint density at radius 3 is 2.76 bits per heavy atom. The molecule has 0 aliphatic carbocycles. The van der Waals surface area contributed by atoms with Gasteiger partial charge in [0.1, 0.15) is 12.7 Å². The second-order valence-electron chi connectivity index (χ2n) is 5.91. The van der Waals surface area contributed by atoms with Crippen LogP contribution >= 0.6 is 0 Å². The molecule has 1 atom stereocenters. The van der Waals surface area contributed by atoms with E-state index < -0.39 is 0 Å². The summed E-state index contributed by atoms with van der Waals surface area (Å²) in [5.74, 6) is 0.904. The first-order valence-electron chi connectivity index (χ1n) is 6.22. The van der Waals surface area contributed by atoms with Crippen LogP contribution in [-0.2, 0) is 16.7 Å². The Bertz CT molecular complexity index is 391. The maximum absolute atomic E-state index is 5.81.